The summed E-state index contributed by atoms with van der Waals surface area (Å²) < 4.78 is 0. The second kappa shape index (κ2) is 4.66. The third-order valence-electron chi connectivity index (χ3n) is 3.30. The van der Waals surface area contributed by atoms with E-state index < -0.39 is 5.97 Å². The lowest BCUT2D eigenvalue weighted by molar-refractivity contribution is 0.0694. The summed E-state index contributed by atoms with van der Waals surface area (Å²) in [5, 5.41) is 12.5. The molecule has 0 spiro atoms. The van der Waals surface area contributed by atoms with E-state index in [4.69, 9.17) is 0 Å². The first-order chi connectivity index (χ1) is 7.70. The minimum absolute atomic E-state index is 0.397. The molecule has 0 unspecified atom stereocenters. The summed E-state index contributed by atoms with van der Waals surface area (Å²) in [5.41, 5.74) is 2.62. The highest BCUT2D eigenvalue weighted by Gasteiger charge is 2.22. The van der Waals surface area contributed by atoms with Gasteiger partial charge in [-0.25, -0.2) is 4.79 Å². The Hall–Kier alpha value is -1.35. The van der Waals surface area contributed by atoms with Crippen LogP contribution in [-0.2, 0) is 0 Å². The highest BCUT2D eigenvalue weighted by molar-refractivity contribution is 5.90. The fourth-order valence-electron chi connectivity index (χ4n) is 2.52. The van der Waals surface area contributed by atoms with Gasteiger partial charge in [-0.3, -0.25) is 0 Å². The highest BCUT2D eigenvalue weighted by Crippen LogP contribution is 2.30. The molecule has 86 valence electrons. The Morgan fingerprint density at radius 2 is 2.06 bits per heavy atom. The van der Waals surface area contributed by atoms with Crippen molar-refractivity contribution in [1.29, 1.82) is 0 Å². The second-order valence-electron chi connectivity index (χ2n) is 4.37. The Morgan fingerprint density at radius 3 is 2.69 bits per heavy atom. The lowest BCUT2D eigenvalue weighted by atomic mass is 9.84. The first kappa shape index (κ1) is 11.1. The average Bonchev–Trinajstić information content (AvgIpc) is 2.29. The van der Waals surface area contributed by atoms with Crippen LogP contribution in [0.2, 0.25) is 0 Å². The number of hydrogen-bond donors (Lipinski definition) is 2. The summed E-state index contributed by atoms with van der Waals surface area (Å²) >= 11 is 0. The molecule has 0 saturated carbocycles. The monoisotopic (exact) mass is 219 g/mol. The Kier molecular flexibility index (Phi) is 3.25. The number of nitrogens with one attached hydrogen (secondary N) is 1. The van der Waals surface area contributed by atoms with Crippen molar-refractivity contribution in [1.82, 2.24) is 5.32 Å². The SMILES string of the molecule is Cc1cccc(C(=O)O)c1C1CCNCC1. The number of rotatable bonds is 2. The van der Waals surface area contributed by atoms with Gasteiger partial charge in [0.2, 0.25) is 0 Å². The molecule has 1 aliphatic rings. The van der Waals surface area contributed by atoms with E-state index in [-0.39, 0.29) is 0 Å². The predicted octanol–water partition coefficient (Wildman–Crippen LogP) is 2.16. The number of aryl methyl sites for hydroxylation is 1. The summed E-state index contributed by atoms with van der Waals surface area (Å²) in [4.78, 5) is 11.2. The number of aromatic carboxylic acids is 1. The number of piperidine rings is 1. The van der Waals surface area contributed by atoms with Gasteiger partial charge < -0.3 is 10.4 Å². The molecule has 2 rings (SSSR count). The quantitative estimate of drug-likeness (QED) is 0.801. The second-order valence-corrected chi connectivity index (χ2v) is 4.37. The Bertz CT molecular complexity index is 395. The number of benzene rings is 1. The van der Waals surface area contributed by atoms with Gasteiger partial charge in [-0.2, -0.15) is 0 Å². The topological polar surface area (TPSA) is 49.3 Å². The van der Waals surface area contributed by atoms with Gasteiger partial charge in [-0.15, -0.1) is 0 Å². The summed E-state index contributed by atoms with van der Waals surface area (Å²) in [5.74, 6) is -0.411. The van der Waals surface area contributed by atoms with Gasteiger partial charge in [0.25, 0.3) is 0 Å². The molecule has 2 N–H and O–H groups in total. The van der Waals surface area contributed by atoms with E-state index in [1.54, 1.807) is 6.07 Å². The molecular formula is C13H17NO2. The van der Waals surface area contributed by atoms with E-state index in [1.165, 1.54) is 0 Å². The van der Waals surface area contributed by atoms with Gasteiger partial charge in [-0.1, -0.05) is 12.1 Å². The molecule has 0 amide bonds. The van der Waals surface area contributed by atoms with Crippen LogP contribution >= 0.6 is 0 Å². The molecule has 1 aliphatic heterocycles. The van der Waals surface area contributed by atoms with Crippen LogP contribution in [0.25, 0.3) is 0 Å². The average molecular weight is 219 g/mol. The normalized spacial score (nSPS) is 17.3. The number of carboxylic acids is 1. The summed E-state index contributed by atoms with van der Waals surface area (Å²) in [6, 6.07) is 5.54. The maximum Gasteiger partial charge on any atom is 0.335 e. The van der Waals surface area contributed by atoms with Gasteiger partial charge in [0.15, 0.2) is 0 Å². The smallest absolute Gasteiger partial charge is 0.335 e. The minimum Gasteiger partial charge on any atom is -0.478 e. The van der Waals surface area contributed by atoms with Crippen LogP contribution in [0.3, 0.4) is 0 Å². The molecule has 0 atom stereocenters. The zero-order valence-electron chi connectivity index (χ0n) is 9.49. The minimum atomic E-state index is -0.808. The Morgan fingerprint density at radius 1 is 1.38 bits per heavy atom. The molecular weight excluding hydrogens is 202 g/mol. The van der Waals surface area contributed by atoms with E-state index >= 15 is 0 Å². The van der Waals surface area contributed by atoms with E-state index in [2.05, 4.69) is 5.32 Å². The third-order valence-corrected chi connectivity index (χ3v) is 3.30. The van der Waals surface area contributed by atoms with Crippen molar-refractivity contribution in [2.45, 2.75) is 25.7 Å². The van der Waals surface area contributed by atoms with E-state index in [9.17, 15) is 9.90 Å². The van der Waals surface area contributed by atoms with Crippen LogP contribution in [0.5, 0.6) is 0 Å². The molecule has 0 aliphatic carbocycles. The highest BCUT2D eigenvalue weighted by atomic mass is 16.4. The molecule has 1 fully saturated rings. The maximum atomic E-state index is 11.2. The molecule has 1 aromatic rings. The van der Waals surface area contributed by atoms with Crippen molar-refractivity contribution >= 4 is 5.97 Å². The number of carboxylic acid groups (broad SMARTS) is 1. The van der Waals surface area contributed by atoms with Crippen molar-refractivity contribution in [3.63, 3.8) is 0 Å². The van der Waals surface area contributed by atoms with Gasteiger partial charge in [-0.05, 0) is 56.0 Å². The fraction of sp³-hybridized carbons (Fsp3) is 0.462. The van der Waals surface area contributed by atoms with Crippen LogP contribution in [0, 0.1) is 6.92 Å². The molecule has 16 heavy (non-hydrogen) atoms. The van der Waals surface area contributed by atoms with Crippen LogP contribution in [0.15, 0.2) is 18.2 Å². The molecule has 1 aromatic carbocycles. The van der Waals surface area contributed by atoms with Crippen LogP contribution in [0.4, 0.5) is 0 Å². The van der Waals surface area contributed by atoms with Crippen LogP contribution in [0.1, 0.15) is 40.2 Å². The molecule has 3 nitrogen and oxygen atoms in total. The van der Waals surface area contributed by atoms with Gasteiger partial charge in [0.05, 0.1) is 5.56 Å². The van der Waals surface area contributed by atoms with E-state index in [1.807, 2.05) is 19.1 Å². The summed E-state index contributed by atoms with van der Waals surface area (Å²) in [6.45, 7) is 3.97. The fourth-order valence-corrected chi connectivity index (χ4v) is 2.52. The largest absolute Gasteiger partial charge is 0.478 e. The molecule has 3 heteroatoms. The van der Waals surface area contributed by atoms with Crippen molar-refractivity contribution in [3.05, 3.63) is 34.9 Å². The van der Waals surface area contributed by atoms with Gasteiger partial charge in [0, 0.05) is 0 Å². The molecule has 1 saturated heterocycles. The zero-order chi connectivity index (χ0) is 11.5. The maximum absolute atomic E-state index is 11.2. The van der Waals surface area contributed by atoms with Crippen molar-refractivity contribution in [2.75, 3.05) is 13.1 Å². The molecule has 0 aromatic heterocycles. The first-order valence-electron chi connectivity index (χ1n) is 5.73. The summed E-state index contributed by atoms with van der Waals surface area (Å²) in [7, 11) is 0. The standard InChI is InChI=1S/C13H17NO2/c1-9-3-2-4-11(13(15)16)12(9)10-5-7-14-8-6-10/h2-4,10,14H,5-8H2,1H3,(H,15,16). The van der Waals surface area contributed by atoms with Crippen molar-refractivity contribution in [2.24, 2.45) is 0 Å². The van der Waals surface area contributed by atoms with Crippen molar-refractivity contribution < 1.29 is 9.90 Å². The van der Waals surface area contributed by atoms with E-state index in [0.29, 0.717) is 11.5 Å². The molecule has 1 heterocycles. The van der Waals surface area contributed by atoms with E-state index in [0.717, 1.165) is 37.1 Å². The first-order valence-corrected chi connectivity index (χ1v) is 5.73. The number of hydrogen-bond acceptors (Lipinski definition) is 2. The van der Waals surface area contributed by atoms with Gasteiger partial charge in [0.1, 0.15) is 0 Å². The van der Waals surface area contributed by atoms with Crippen LogP contribution in [-0.4, -0.2) is 24.2 Å². The lowest BCUT2D eigenvalue weighted by Crippen LogP contribution is -2.27. The molecule has 0 radical (unpaired) electrons. The number of carbonyl (C=O) groups is 1. The lowest BCUT2D eigenvalue weighted by Gasteiger charge is -2.25. The van der Waals surface area contributed by atoms with Crippen LogP contribution < -0.4 is 5.32 Å². The zero-order valence-corrected chi connectivity index (χ0v) is 9.49. The third kappa shape index (κ3) is 2.09. The Balaban J connectivity index is 2.40. The summed E-state index contributed by atoms with van der Waals surface area (Å²) in [6.07, 6.45) is 2.07. The van der Waals surface area contributed by atoms with Crippen molar-refractivity contribution in [3.8, 4) is 0 Å². The van der Waals surface area contributed by atoms with Gasteiger partial charge >= 0.3 is 5.97 Å². The predicted molar refractivity (Wildman–Crippen MR) is 63.0 cm³/mol. The Labute approximate surface area is 95.5 Å². The molecule has 0 bridgehead atoms.